The Labute approximate surface area is 151 Å². The Morgan fingerprint density at radius 2 is 2.20 bits per heavy atom. The number of amides is 1. The highest BCUT2D eigenvalue weighted by atomic mass is 32.1. The Bertz CT molecular complexity index is 762. The first-order chi connectivity index (χ1) is 12.0. The molecule has 1 amide bonds. The molecule has 3 rings (SSSR count). The summed E-state index contributed by atoms with van der Waals surface area (Å²) in [6, 6.07) is 3.68. The fourth-order valence-corrected chi connectivity index (χ4v) is 3.68. The molecule has 7 heteroatoms. The Balaban J connectivity index is 1.61. The quantitative estimate of drug-likeness (QED) is 0.859. The van der Waals surface area contributed by atoms with Gasteiger partial charge < -0.3 is 10.2 Å². The minimum Gasteiger partial charge on any atom is -0.353 e. The van der Waals surface area contributed by atoms with Gasteiger partial charge in [-0.1, -0.05) is 13.8 Å². The third-order valence-corrected chi connectivity index (χ3v) is 5.01. The SMILES string of the molecule is CC(C)CC(=O)N1CCC(Nc2nc(-c3ccsc3)cc(=O)[nH]2)CC1. The highest BCUT2D eigenvalue weighted by Crippen LogP contribution is 2.20. The van der Waals surface area contributed by atoms with Crippen LogP contribution in [-0.2, 0) is 4.79 Å². The summed E-state index contributed by atoms with van der Waals surface area (Å²) >= 11 is 1.58. The maximum absolute atomic E-state index is 12.1. The zero-order valence-electron chi connectivity index (χ0n) is 14.6. The number of H-pyrrole nitrogens is 1. The molecule has 3 heterocycles. The number of anilines is 1. The van der Waals surface area contributed by atoms with E-state index in [-0.39, 0.29) is 17.5 Å². The molecule has 2 N–H and O–H groups in total. The third-order valence-electron chi connectivity index (χ3n) is 4.33. The first-order valence-electron chi connectivity index (χ1n) is 8.69. The molecule has 0 atom stereocenters. The van der Waals surface area contributed by atoms with Crippen LogP contribution in [0.4, 0.5) is 5.95 Å². The van der Waals surface area contributed by atoms with E-state index in [1.54, 1.807) is 11.3 Å². The molecule has 2 aromatic heterocycles. The maximum atomic E-state index is 12.1. The van der Waals surface area contributed by atoms with E-state index in [9.17, 15) is 9.59 Å². The predicted molar refractivity (Wildman–Crippen MR) is 101 cm³/mol. The van der Waals surface area contributed by atoms with E-state index >= 15 is 0 Å². The molecule has 0 aliphatic carbocycles. The standard InChI is InChI=1S/C18H24N4O2S/c1-12(2)9-17(24)22-6-3-14(4-7-22)19-18-20-15(10-16(23)21-18)13-5-8-25-11-13/h5,8,10-12,14H,3-4,6-7,9H2,1-2H3,(H2,19,20,21,23). The average Bonchev–Trinajstić information content (AvgIpc) is 3.09. The van der Waals surface area contributed by atoms with Gasteiger partial charge in [-0.15, -0.1) is 0 Å². The first-order valence-corrected chi connectivity index (χ1v) is 9.64. The lowest BCUT2D eigenvalue weighted by Gasteiger charge is -2.33. The van der Waals surface area contributed by atoms with E-state index in [0.717, 1.165) is 31.5 Å². The minimum atomic E-state index is -0.164. The molecule has 6 nitrogen and oxygen atoms in total. The van der Waals surface area contributed by atoms with E-state index in [1.165, 1.54) is 6.07 Å². The second kappa shape index (κ2) is 7.82. The molecule has 134 valence electrons. The first kappa shape index (κ1) is 17.7. The van der Waals surface area contributed by atoms with Crippen LogP contribution in [0.3, 0.4) is 0 Å². The lowest BCUT2D eigenvalue weighted by atomic mass is 10.0. The van der Waals surface area contributed by atoms with Gasteiger partial charge in [-0.3, -0.25) is 14.6 Å². The maximum Gasteiger partial charge on any atom is 0.252 e. The van der Waals surface area contributed by atoms with Crippen molar-refractivity contribution in [2.45, 2.75) is 39.2 Å². The number of nitrogens with zero attached hydrogens (tertiary/aromatic N) is 2. The molecule has 2 aromatic rings. The van der Waals surface area contributed by atoms with Crippen molar-refractivity contribution in [3.8, 4) is 11.3 Å². The third kappa shape index (κ3) is 4.69. The summed E-state index contributed by atoms with van der Waals surface area (Å²) < 4.78 is 0. The van der Waals surface area contributed by atoms with Crippen LogP contribution in [0.2, 0.25) is 0 Å². The van der Waals surface area contributed by atoms with Gasteiger partial charge in [-0.05, 0) is 30.2 Å². The number of aromatic amines is 1. The Morgan fingerprint density at radius 3 is 2.84 bits per heavy atom. The zero-order chi connectivity index (χ0) is 17.8. The minimum absolute atomic E-state index is 0.164. The molecule has 1 aliphatic heterocycles. The van der Waals surface area contributed by atoms with Crippen LogP contribution in [0, 0.1) is 5.92 Å². The Morgan fingerprint density at radius 1 is 1.44 bits per heavy atom. The molecule has 0 bridgehead atoms. The molecular formula is C18H24N4O2S. The molecule has 1 aliphatic rings. The van der Waals surface area contributed by atoms with Crippen LogP contribution in [0.15, 0.2) is 27.7 Å². The van der Waals surface area contributed by atoms with E-state index in [2.05, 4.69) is 29.1 Å². The molecule has 1 fully saturated rings. The lowest BCUT2D eigenvalue weighted by Crippen LogP contribution is -2.43. The normalized spacial score (nSPS) is 15.6. The second-order valence-electron chi connectivity index (χ2n) is 6.89. The summed E-state index contributed by atoms with van der Waals surface area (Å²) in [4.78, 5) is 33.3. The summed E-state index contributed by atoms with van der Waals surface area (Å²) in [6.07, 6.45) is 2.32. The average molecular weight is 360 g/mol. The number of hydrogen-bond donors (Lipinski definition) is 2. The number of thiophene rings is 1. The summed E-state index contributed by atoms with van der Waals surface area (Å²) in [5.41, 5.74) is 1.47. The van der Waals surface area contributed by atoms with Crippen LogP contribution in [-0.4, -0.2) is 39.9 Å². The van der Waals surface area contributed by atoms with Gasteiger partial charge in [0.15, 0.2) is 0 Å². The molecule has 0 radical (unpaired) electrons. The number of aromatic nitrogens is 2. The molecule has 0 unspecified atom stereocenters. The molecule has 0 saturated carbocycles. The van der Waals surface area contributed by atoms with Crippen molar-refractivity contribution in [3.63, 3.8) is 0 Å². The highest BCUT2D eigenvalue weighted by molar-refractivity contribution is 7.08. The van der Waals surface area contributed by atoms with Crippen molar-refractivity contribution in [3.05, 3.63) is 33.2 Å². The molecular weight excluding hydrogens is 336 g/mol. The van der Waals surface area contributed by atoms with Crippen LogP contribution >= 0.6 is 11.3 Å². The van der Waals surface area contributed by atoms with Gasteiger partial charge >= 0.3 is 0 Å². The number of carbonyl (C=O) groups is 1. The number of piperidine rings is 1. The molecule has 25 heavy (non-hydrogen) atoms. The number of carbonyl (C=O) groups excluding carboxylic acids is 1. The Kier molecular flexibility index (Phi) is 5.53. The van der Waals surface area contributed by atoms with Crippen molar-refractivity contribution < 1.29 is 4.79 Å². The number of hydrogen-bond acceptors (Lipinski definition) is 5. The Hall–Kier alpha value is -2.15. The smallest absolute Gasteiger partial charge is 0.252 e. The van der Waals surface area contributed by atoms with Crippen molar-refractivity contribution in [1.82, 2.24) is 14.9 Å². The number of likely N-dealkylation sites (tertiary alicyclic amines) is 1. The lowest BCUT2D eigenvalue weighted by molar-refractivity contribution is -0.132. The van der Waals surface area contributed by atoms with Gasteiger partial charge in [0.1, 0.15) is 0 Å². The van der Waals surface area contributed by atoms with Crippen molar-refractivity contribution in [2.75, 3.05) is 18.4 Å². The van der Waals surface area contributed by atoms with Gasteiger partial charge in [0.2, 0.25) is 11.9 Å². The summed E-state index contributed by atoms with van der Waals surface area (Å²) in [6.45, 7) is 5.62. The van der Waals surface area contributed by atoms with E-state index in [1.807, 2.05) is 21.7 Å². The van der Waals surface area contributed by atoms with Crippen molar-refractivity contribution >= 4 is 23.2 Å². The largest absolute Gasteiger partial charge is 0.353 e. The number of rotatable bonds is 5. The van der Waals surface area contributed by atoms with Crippen LogP contribution in [0.5, 0.6) is 0 Å². The van der Waals surface area contributed by atoms with Gasteiger partial charge in [-0.25, -0.2) is 4.98 Å². The van der Waals surface area contributed by atoms with Gasteiger partial charge in [0.25, 0.3) is 5.56 Å². The second-order valence-corrected chi connectivity index (χ2v) is 7.67. The molecule has 1 saturated heterocycles. The van der Waals surface area contributed by atoms with Crippen LogP contribution in [0.1, 0.15) is 33.1 Å². The van der Waals surface area contributed by atoms with Crippen LogP contribution < -0.4 is 10.9 Å². The predicted octanol–water partition coefficient (Wildman–Crippen LogP) is 2.95. The number of nitrogens with one attached hydrogen (secondary N) is 2. The topological polar surface area (TPSA) is 78.1 Å². The molecule has 0 aromatic carbocycles. The van der Waals surface area contributed by atoms with Crippen molar-refractivity contribution in [2.24, 2.45) is 5.92 Å². The fourth-order valence-electron chi connectivity index (χ4n) is 3.03. The van der Waals surface area contributed by atoms with Crippen LogP contribution in [0.25, 0.3) is 11.3 Å². The monoisotopic (exact) mass is 360 g/mol. The fraction of sp³-hybridized carbons (Fsp3) is 0.500. The van der Waals surface area contributed by atoms with E-state index < -0.39 is 0 Å². The van der Waals surface area contributed by atoms with Gasteiger partial charge in [-0.2, -0.15) is 11.3 Å². The highest BCUT2D eigenvalue weighted by Gasteiger charge is 2.23. The summed E-state index contributed by atoms with van der Waals surface area (Å²) in [5, 5.41) is 7.27. The molecule has 0 spiro atoms. The summed E-state index contributed by atoms with van der Waals surface area (Å²) in [5.74, 6) is 1.12. The van der Waals surface area contributed by atoms with E-state index in [0.29, 0.717) is 24.0 Å². The van der Waals surface area contributed by atoms with Gasteiger partial charge in [0.05, 0.1) is 5.69 Å². The van der Waals surface area contributed by atoms with Crippen molar-refractivity contribution in [1.29, 1.82) is 0 Å². The zero-order valence-corrected chi connectivity index (χ0v) is 15.4. The van der Waals surface area contributed by atoms with Gasteiger partial charge in [0, 0.05) is 42.6 Å². The van der Waals surface area contributed by atoms with E-state index in [4.69, 9.17) is 0 Å². The summed E-state index contributed by atoms with van der Waals surface area (Å²) in [7, 11) is 0.